The second kappa shape index (κ2) is 5.96. The minimum absolute atomic E-state index is 0.0942. The molecule has 1 aromatic carbocycles. The van der Waals surface area contributed by atoms with E-state index >= 15 is 0 Å². The van der Waals surface area contributed by atoms with E-state index in [4.69, 9.17) is 27.9 Å². The lowest BCUT2D eigenvalue weighted by molar-refractivity contribution is 0.414. The fourth-order valence-corrected chi connectivity index (χ4v) is 3.56. The van der Waals surface area contributed by atoms with Gasteiger partial charge in [0.15, 0.2) is 0 Å². The molecule has 1 unspecified atom stereocenters. The molecule has 18 heavy (non-hydrogen) atoms. The lowest BCUT2D eigenvalue weighted by Crippen LogP contribution is -1.95. The number of alkyl halides is 1. The van der Waals surface area contributed by atoms with Gasteiger partial charge in [0.05, 0.1) is 17.5 Å². The summed E-state index contributed by atoms with van der Waals surface area (Å²) in [6, 6.07) is 7.95. The lowest BCUT2D eigenvalue weighted by Gasteiger charge is -2.09. The summed E-state index contributed by atoms with van der Waals surface area (Å²) in [5.41, 5.74) is 2.24. The zero-order valence-electron chi connectivity index (χ0n) is 10.2. The largest absolute Gasteiger partial charge is 0.497 e. The summed E-state index contributed by atoms with van der Waals surface area (Å²) in [6.07, 6.45) is 0.748. The van der Waals surface area contributed by atoms with Gasteiger partial charge in [-0.05, 0) is 42.0 Å². The van der Waals surface area contributed by atoms with Crippen molar-refractivity contribution in [2.24, 2.45) is 0 Å². The smallest absolute Gasteiger partial charge is 0.119 e. The van der Waals surface area contributed by atoms with Crippen LogP contribution >= 0.6 is 34.5 Å². The first-order valence-corrected chi connectivity index (χ1v) is 7.31. The van der Waals surface area contributed by atoms with E-state index < -0.39 is 0 Å². The molecule has 0 spiro atoms. The summed E-state index contributed by atoms with van der Waals surface area (Å²) in [5, 5.41) is 2.74. The second-order valence-electron chi connectivity index (χ2n) is 4.12. The Morgan fingerprint density at radius 2 is 2.17 bits per heavy atom. The maximum atomic E-state index is 6.44. The maximum Gasteiger partial charge on any atom is 0.119 e. The molecule has 0 bridgehead atoms. The van der Waals surface area contributed by atoms with Crippen molar-refractivity contribution in [3.8, 4) is 5.75 Å². The van der Waals surface area contributed by atoms with Crippen LogP contribution in [0.5, 0.6) is 5.75 Å². The molecule has 0 saturated heterocycles. The number of ether oxygens (including phenoxy) is 1. The van der Waals surface area contributed by atoms with Gasteiger partial charge < -0.3 is 4.74 Å². The second-order valence-corrected chi connectivity index (χ2v) is 5.94. The maximum absolute atomic E-state index is 6.44. The molecule has 0 aliphatic heterocycles. The van der Waals surface area contributed by atoms with Crippen molar-refractivity contribution < 1.29 is 4.74 Å². The topological polar surface area (TPSA) is 9.23 Å². The average Bonchev–Trinajstić information content (AvgIpc) is 2.70. The third-order valence-corrected chi connectivity index (χ3v) is 5.09. The molecule has 2 rings (SSSR count). The highest BCUT2D eigenvalue weighted by Gasteiger charge is 2.16. The first kappa shape index (κ1) is 13.7. The molecular formula is C14H14Cl2OS. The predicted octanol–water partition coefficient (Wildman–Crippen LogP) is 5.24. The van der Waals surface area contributed by atoms with Crippen LogP contribution in [0, 0.1) is 6.92 Å². The average molecular weight is 301 g/mol. The van der Waals surface area contributed by atoms with Crippen molar-refractivity contribution >= 4 is 34.5 Å². The van der Waals surface area contributed by atoms with E-state index in [0.29, 0.717) is 0 Å². The summed E-state index contributed by atoms with van der Waals surface area (Å²) in [4.78, 5) is 1.04. The fraction of sp³-hybridized carbons (Fsp3) is 0.286. The quantitative estimate of drug-likeness (QED) is 0.702. The van der Waals surface area contributed by atoms with Gasteiger partial charge in [0.2, 0.25) is 0 Å². The van der Waals surface area contributed by atoms with E-state index in [1.165, 1.54) is 0 Å². The van der Waals surface area contributed by atoms with Gasteiger partial charge >= 0.3 is 0 Å². The van der Waals surface area contributed by atoms with E-state index in [2.05, 4.69) is 0 Å². The Balaban J connectivity index is 2.15. The van der Waals surface area contributed by atoms with Crippen LogP contribution in [-0.4, -0.2) is 7.11 Å². The van der Waals surface area contributed by atoms with Gasteiger partial charge in [-0.25, -0.2) is 0 Å². The molecule has 0 aliphatic carbocycles. The zero-order valence-corrected chi connectivity index (χ0v) is 12.6. The van der Waals surface area contributed by atoms with Crippen molar-refractivity contribution in [2.75, 3.05) is 7.11 Å². The van der Waals surface area contributed by atoms with Crippen LogP contribution in [-0.2, 0) is 6.42 Å². The molecule has 0 amide bonds. The third-order valence-electron chi connectivity index (χ3n) is 2.76. The number of rotatable bonds is 4. The SMILES string of the molecule is COc1cccc(CC(Cl)c2scc(C)c2Cl)c1. The highest BCUT2D eigenvalue weighted by Crippen LogP contribution is 2.37. The Kier molecular flexibility index (Phi) is 4.55. The number of hydrogen-bond donors (Lipinski definition) is 0. The molecule has 0 fully saturated rings. The Morgan fingerprint density at radius 1 is 1.39 bits per heavy atom. The molecule has 0 N–H and O–H groups in total. The van der Waals surface area contributed by atoms with Crippen LogP contribution in [0.25, 0.3) is 0 Å². The minimum atomic E-state index is -0.0942. The number of benzene rings is 1. The van der Waals surface area contributed by atoms with Crippen LogP contribution in [0.3, 0.4) is 0 Å². The van der Waals surface area contributed by atoms with Crippen LogP contribution in [0.1, 0.15) is 21.4 Å². The van der Waals surface area contributed by atoms with Crippen molar-refractivity contribution in [1.82, 2.24) is 0 Å². The summed E-state index contributed by atoms with van der Waals surface area (Å²) >= 11 is 14.3. The Labute approximate surface area is 121 Å². The predicted molar refractivity (Wildman–Crippen MR) is 79.4 cm³/mol. The summed E-state index contributed by atoms with van der Waals surface area (Å²) in [5.74, 6) is 0.852. The normalized spacial score (nSPS) is 12.4. The molecule has 0 radical (unpaired) electrons. The molecule has 2 aromatic rings. The van der Waals surface area contributed by atoms with Gasteiger partial charge in [-0.2, -0.15) is 0 Å². The number of aryl methyl sites for hydroxylation is 1. The molecular weight excluding hydrogens is 287 g/mol. The van der Waals surface area contributed by atoms with Crippen LogP contribution < -0.4 is 4.74 Å². The first-order valence-electron chi connectivity index (χ1n) is 5.62. The molecule has 1 nitrogen and oxygen atoms in total. The van der Waals surface area contributed by atoms with Crippen LogP contribution in [0.15, 0.2) is 29.6 Å². The Morgan fingerprint density at radius 3 is 2.78 bits per heavy atom. The highest BCUT2D eigenvalue weighted by atomic mass is 35.5. The molecule has 1 aromatic heterocycles. The third kappa shape index (κ3) is 3.00. The molecule has 4 heteroatoms. The Hall–Kier alpha value is -0.700. The number of hydrogen-bond acceptors (Lipinski definition) is 2. The zero-order chi connectivity index (χ0) is 13.1. The molecule has 0 saturated carbocycles. The van der Waals surface area contributed by atoms with Crippen molar-refractivity contribution in [2.45, 2.75) is 18.7 Å². The standard InChI is InChI=1S/C14H14Cl2OS/c1-9-8-18-14(13(9)16)12(15)7-10-4-3-5-11(6-10)17-2/h3-6,8,12H,7H2,1-2H3. The molecule has 1 heterocycles. The summed E-state index contributed by atoms with van der Waals surface area (Å²) in [7, 11) is 1.66. The van der Waals surface area contributed by atoms with E-state index in [1.807, 2.05) is 36.6 Å². The summed E-state index contributed by atoms with van der Waals surface area (Å²) < 4.78 is 5.20. The summed E-state index contributed by atoms with van der Waals surface area (Å²) in [6.45, 7) is 2.00. The molecule has 96 valence electrons. The van der Waals surface area contributed by atoms with E-state index in [1.54, 1.807) is 18.4 Å². The molecule has 0 aliphatic rings. The highest BCUT2D eigenvalue weighted by molar-refractivity contribution is 7.11. The van der Waals surface area contributed by atoms with Crippen LogP contribution in [0.4, 0.5) is 0 Å². The van der Waals surface area contributed by atoms with Gasteiger partial charge in [0.25, 0.3) is 0 Å². The van der Waals surface area contributed by atoms with E-state index in [-0.39, 0.29) is 5.38 Å². The minimum Gasteiger partial charge on any atom is -0.497 e. The van der Waals surface area contributed by atoms with Gasteiger partial charge in [0, 0.05) is 4.88 Å². The first-order chi connectivity index (χ1) is 8.61. The fourth-order valence-electron chi connectivity index (χ4n) is 1.76. The van der Waals surface area contributed by atoms with Gasteiger partial charge in [-0.3, -0.25) is 0 Å². The van der Waals surface area contributed by atoms with Crippen molar-refractivity contribution in [3.05, 3.63) is 50.7 Å². The lowest BCUT2D eigenvalue weighted by atomic mass is 10.1. The van der Waals surface area contributed by atoms with Crippen LogP contribution in [0.2, 0.25) is 5.02 Å². The van der Waals surface area contributed by atoms with Gasteiger partial charge in [-0.1, -0.05) is 23.7 Å². The van der Waals surface area contributed by atoms with Gasteiger partial charge in [0.1, 0.15) is 5.75 Å². The van der Waals surface area contributed by atoms with E-state index in [9.17, 15) is 0 Å². The number of halogens is 2. The molecule has 1 atom stereocenters. The number of thiophene rings is 1. The van der Waals surface area contributed by atoms with E-state index in [0.717, 1.165) is 33.2 Å². The van der Waals surface area contributed by atoms with Crippen molar-refractivity contribution in [3.63, 3.8) is 0 Å². The monoisotopic (exact) mass is 300 g/mol. The Bertz CT molecular complexity index is 536. The van der Waals surface area contributed by atoms with Gasteiger partial charge in [-0.15, -0.1) is 22.9 Å². The van der Waals surface area contributed by atoms with Crippen molar-refractivity contribution in [1.29, 1.82) is 0 Å². The number of methoxy groups -OCH3 is 1.